The second kappa shape index (κ2) is 6.56. The summed E-state index contributed by atoms with van der Waals surface area (Å²) in [7, 11) is 0. The summed E-state index contributed by atoms with van der Waals surface area (Å²) in [5.41, 5.74) is 2.59. The zero-order chi connectivity index (χ0) is 12.8. The molecule has 2 heterocycles. The van der Waals surface area contributed by atoms with Crippen molar-refractivity contribution in [2.75, 3.05) is 13.1 Å². The molecule has 18 heavy (non-hydrogen) atoms. The van der Waals surface area contributed by atoms with E-state index in [0.717, 1.165) is 25.4 Å². The Hall–Kier alpha value is -1.33. The fraction of sp³-hybridized carbons (Fsp3) is 0.615. The number of nitrogens with two attached hydrogens (primary N) is 1. The number of carbonyl (C=O) groups excluding carboxylic acids is 1. The van der Waals surface area contributed by atoms with E-state index in [1.54, 1.807) is 6.07 Å². The molecule has 1 fully saturated rings. The largest absolute Gasteiger partial charge is 0.467 e. The lowest BCUT2D eigenvalue weighted by molar-refractivity contribution is 0.0953. The number of nitrogen functional groups attached to an aromatic ring is 1. The highest BCUT2D eigenvalue weighted by molar-refractivity contribution is 5.93. The van der Waals surface area contributed by atoms with Gasteiger partial charge < -0.3 is 4.42 Å². The Labute approximate surface area is 107 Å². The van der Waals surface area contributed by atoms with E-state index < -0.39 is 0 Å². The molecule has 3 N–H and O–H groups in total. The number of amides is 1. The summed E-state index contributed by atoms with van der Waals surface area (Å²) in [5, 5.41) is 0. The Kier molecular flexibility index (Phi) is 4.78. The van der Waals surface area contributed by atoms with Crippen molar-refractivity contribution >= 4 is 5.91 Å². The van der Waals surface area contributed by atoms with E-state index in [1.165, 1.54) is 38.4 Å². The summed E-state index contributed by atoms with van der Waals surface area (Å²) in [6.45, 7) is 3.00. The second-order valence-electron chi connectivity index (χ2n) is 4.82. The van der Waals surface area contributed by atoms with Crippen LogP contribution in [0, 0.1) is 0 Å². The molecule has 5 nitrogen and oxygen atoms in total. The molecule has 1 aliphatic rings. The van der Waals surface area contributed by atoms with Gasteiger partial charge in [-0.05, 0) is 32.0 Å². The third-order valence-corrected chi connectivity index (χ3v) is 3.38. The predicted octanol–water partition coefficient (Wildman–Crippen LogP) is 1.65. The smallest absolute Gasteiger partial charge is 0.268 e. The number of rotatable bonds is 3. The normalized spacial score (nSPS) is 18.1. The van der Waals surface area contributed by atoms with Crippen LogP contribution >= 0.6 is 0 Å². The number of likely N-dealkylation sites (tertiary alicyclic amines) is 1. The van der Waals surface area contributed by atoms with Crippen molar-refractivity contribution in [3.63, 3.8) is 0 Å². The summed E-state index contributed by atoms with van der Waals surface area (Å²) >= 11 is 0. The van der Waals surface area contributed by atoms with Crippen molar-refractivity contribution in [2.24, 2.45) is 5.84 Å². The third-order valence-electron chi connectivity index (χ3n) is 3.38. The van der Waals surface area contributed by atoms with Crippen molar-refractivity contribution in [3.8, 4) is 0 Å². The topological polar surface area (TPSA) is 71.5 Å². The lowest BCUT2D eigenvalue weighted by atomic mass is 10.1. The van der Waals surface area contributed by atoms with E-state index in [-0.39, 0.29) is 5.91 Å². The molecule has 1 amide bonds. The van der Waals surface area contributed by atoms with Gasteiger partial charge in [0, 0.05) is 0 Å². The molecular weight excluding hydrogens is 230 g/mol. The van der Waals surface area contributed by atoms with Crippen molar-refractivity contribution in [2.45, 2.75) is 38.6 Å². The lowest BCUT2D eigenvalue weighted by Gasteiger charge is -2.23. The summed E-state index contributed by atoms with van der Waals surface area (Å²) in [6, 6.07) is 1.76. The fourth-order valence-electron chi connectivity index (χ4n) is 2.36. The second-order valence-corrected chi connectivity index (χ2v) is 4.82. The lowest BCUT2D eigenvalue weighted by Crippen LogP contribution is -2.29. The Bertz CT molecular complexity index is 381. The van der Waals surface area contributed by atoms with Crippen LogP contribution in [-0.2, 0) is 6.54 Å². The van der Waals surface area contributed by atoms with Gasteiger partial charge in [0.05, 0.1) is 12.1 Å². The third kappa shape index (κ3) is 3.58. The molecule has 1 aromatic heterocycles. The monoisotopic (exact) mass is 251 g/mol. The van der Waals surface area contributed by atoms with E-state index in [2.05, 4.69) is 10.3 Å². The van der Waals surface area contributed by atoms with Crippen LogP contribution < -0.4 is 11.3 Å². The van der Waals surface area contributed by atoms with E-state index in [1.807, 2.05) is 0 Å². The van der Waals surface area contributed by atoms with Crippen LogP contribution in [0.25, 0.3) is 0 Å². The predicted molar refractivity (Wildman–Crippen MR) is 68.7 cm³/mol. The van der Waals surface area contributed by atoms with Gasteiger partial charge in [0.1, 0.15) is 12.0 Å². The average molecular weight is 251 g/mol. The maximum atomic E-state index is 11.3. The van der Waals surface area contributed by atoms with Crippen LogP contribution in [0.5, 0.6) is 0 Å². The van der Waals surface area contributed by atoms with Gasteiger partial charge in [-0.25, -0.2) is 5.84 Å². The minimum atomic E-state index is -0.308. The van der Waals surface area contributed by atoms with E-state index in [0.29, 0.717) is 5.56 Å². The number of hydrogen-bond donors (Lipinski definition) is 2. The number of hydrogen-bond acceptors (Lipinski definition) is 4. The highest BCUT2D eigenvalue weighted by Crippen LogP contribution is 2.15. The Morgan fingerprint density at radius 1 is 1.28 bits per heavy atom. The zero-order valence-corrected chi connectivity index (χ0v) is 10.7. The molecule has 2 rings (SSSR count). The molecule has 0 radical (unpaired) electrons. The molecule has 0 aromatic carbocycles. The fourth-order valence-corrected chi connectivity index (χ4v) is 2.36. The minimum absolute atomic E-state index is 0.308. The molecule has 1 saturated heterocycles. The quantitative estimate of drug-likeness (QED) is 0.487. The van der Waals surface area contributed by atoms with Crippen LogP contribution in [0.1, 0.15) is 48.2 Å². The van der Waals surface area contributed by atoms with Crippen molar-refractivity contribution < 1.29 is 9.21 Å². The highest BCUT2D eigenvalue weighted by atomic mass is 16.3. The number of carbonyl (C=O) groups is 1. The maximum absolute atomic E-state index is 11.3. The first-order valence-corrected chi connectivity index (χ1v) is 6.60. The van der Waals surface area contributed by atoms with Gasteiger partial charge in [0.2, 0.25) is 0 Å². The van der Waals surface area contributed by atoms with Crippen LogP contribution in [0.3, 0.4) is 0 Å². The van der Waals surface area contributed by atoms with E-state index in [4.69, 9.17) is 10.3 Å². The summed E-state index contributed by atoms with van der Waals surface area (Å²) in [6.07, 6.45) is 7.94. The van der Waals surface area contributed by atoms with Crippen molar-refractivity contribution in [1.29, 1.82) is 0 Å². The molecule has 0 aliphatic carbocycles. The van der Waals surface area contributed by atoms with Crippen LogP contribution in [0.4, 0.5) is 0 Å². The molecular formula is C13H21N3O2. The number of hydrazine groups is 1. The Morgan fingerprint density at radius 2 is 1.94 bits per heavy atom. The van der Waals surface area contributed by atoms with E-state index in [9.17, 15) is 4.79 Å². The molecule has 0 spiro atoms. The first-order chi connectivity index (χ1) is 8.79. The Morgan fingerprint density at radius 3 is 2.61 bits per heavy atom. The number of nitrogens with zero attached hydrogens (tertiary/aromatic N) is 1. The SMILES string of the molecule is NNC(=O)c1coc(CN2CCCCCCC2)c1. The molecule has 0 atom stereocenters. The summed E-state index contributed by atoms with van der Waals surface area (Å²) in [4.78, 5) is 13.7. The van der Waals surface area contributed by atoms with E-state index >= 15 is 0 Å². The maximum Gasteiger partial charge on any atom is 0.268 e. The average Bonchev–Trinajstić information content (AvgIpc) is 2.80. The standard InChI is InChI=1S/C13H21N3O2/c14-15-13(17)11-8-12(18-10-11)9-16-6-4-2-1-3-5-7-16/h8,10H,1-7,9,14H2,(H,15,17). The van der Waals surface area contributed by atoms with Gasteiger partial charge in [-0.15, -0.1) is 0 Å². The first-order valence-electron chi connectivity index (χ1n) is 6.60. The molecule has 1 aromatic rings. The molecule has 0 saturated carbocycles. The summed E-state index contributed by atoms with van der Waals surface area (Å²) in [5.74, 6) is 5.60. The number of nitrogens with one attached hydrogen (secondary N) is 1. The van der Waals surface area contributed by atoms with Gasteiger partial charge in [-0.1, -0.05) is 19.3 Å². The minimum Gasteiger partial charge on any atom is -0.467 e. The van der Waals surface area contributed by atoms with Gasteiger partial charge in [0.25, 0.3) is 5.91 Å². The van der Waals surface area contributed by atoms with Crippen molar-refractivity contribution in [1.82, 2.24) is 10.3 Å². The van der Waals surface area contributed by atoms with Crippen molar-refractivity contribution in [3.05, 3.63) is 23.7 Å². The molecule has 0 bridgehead atoms. The summed E-state index contributed by atoms with van der Waals surface area (Å²) < 4.78 is 5.40. The van der Waals surface area contributed by atoms with Crippen LogP contribution in [-0.4, -0.2) is 23.9 Å². The van der Waals surface area contributed by atoms with Gasteiger partial charge in [0.15, 0.2) is 0 Å². The Balaban J connectivity index is 1.91. The van der Waals surface area contributed by atoms with Crippen LogP contribution in [0.15, 0.2) is 16.7 Å². The molecule has 1 aliphatic heterocycles. The van der Waals surface area contributed by atoms with Crippen LogP contribution in [0.2, 0.25) is 0 Å². The molecule has 5 heteroatoms. The van der Waals surface area contributed by atoms with Gasteiger partial charge >= 0.3 is 0 Å². The van der Waals surface area contributed by atoms with Gasteiger partial charge in [-0.3, -0.25) is 15.1 Å². The molecule has 0 unspecified atom stereocenters. The number of furan rings is 1. The highest BCUT2D eigenvalue weighted by Gasteiger charge is 2.13. The van der Waals surface area contributed by atoms with Gasteiger partial charge in [-0.2, -0.15) is 0 Å². The first kappa shape index (κ1) is 13.1. The molecule has 100 valence electrons. The zero-order valence-electron chi connectivity index (χ0n) is 10.7.